The molecule has 0 unspecified atom stereocenters. The summed E-state index contributed by atoms with van der Waals surface area (Å²) >= 11 is 1.61. The largest absolute Gasteiger partial charge is 0.327 e. The van der Waals surface area contributed by atoms with Crippen LogP contribution in [0.25, 0.3) is 0 Å². The number of fused-ring (bicyclic) bond motifs is 1. The number of hydrogen-bond donors (Lipinski definition) is 2. The summed E-state index contributed by atoms with van der Waals surface area (Å²) in [5.41, 5.74) is 2.60. The lowest BCUT2D eigenvalue weighted by Crippen LogP contribution is -3.14. The van der Waals surface area contributed by atoms with Crippen LogP contribution in [0.2, 0.25) is 0 Å². The standard InChI is InChI=1S/C23H28N2O2S/c1-16-11-13-25(14-12-16)15-20(26)24-23-21(18-9-5-6-10-19(18)28-23)22(27)17-7-3-2-4-8-17/h2-4,7-8,16H,5-6,9-15H2,1H3,(H,24,26)/p+1. The Morgan fingerprint density at radius 1 is 1.11 bits per heavy atom. The van der Waals surface area contributed by atoms with Crippen LogP contribution >= 0.6 is 11.3 Å². The van der Waals surface area contributed by atoms with Crippen LogP contribution in [0.15, 0.2) is 30.3 Å². The second kappa shape index (κ2) is 8.58. The summed E-state index contributed by atoms with van der Waals surface area (Å²) in [6.07, 6.45) is 6.60. The van der Waals surface area contributed by atoms with Gasteiger partial charge in [0.2, 0.25) is 0 Å². The zero-order valence-electron chi connectivity index (χ0n) is 16.6. The Morgan fingerprint density at radius 2 is 1.82 bits per heavy atom. The minimum absolute atomic E-state index is 0.0326. The van der Waals surface area contributed by atoms with Gasteiger partial charge in [0.1, 0.15) is 5.00 Å². The Kier molecular flexibility index (Phi) is 5.93. The second-order valence-electron chi connectivity index (χ2n) is 8.27. The summed E-state index contributed by atoms with van der Waals surface area (Å²) < 4.78 is 0. The minimum atomic E-state index is 0.0326. The Bertz CT molecular complexity index is 851. The van der Waals surface area contributed by atoms with E-state index < -0.39 is 0 Å². The average molecular weight is 398 g/mol. The smallest absolute Gasteiger partial charge is 0.280 e. The van der Waals surface area contributed by atoms with Crippen molar-refractivity contribution in [2.45, 2.75) is 45.4 Å². The molecule has 2 aromatic rings. The number of aryl methyl sites for hydroxylation is 1. The molecule has 0 atom stereocenters. The summed E-state index contributed by atoms with van der Waals surface area (Å²) in [5, 5.41) is 3.87. The highest BCUT2D eigenvalue weighted by molar-refractivity contribution is 7.17. The van der Waals surface area contributed by atoms with Gasteiger partial charge in [-0.25, -0.2) is 0 Å². The second-order valence-corrected chi connectivity index (χ2v) is 9.37. The molecule has 2 N–H and O–H groups in total. The number of amides is 1. The molecule has 0 radical (unpaired) electrons. The Morgan fingerprint density at radius 3 is 2.57 bits per heavy atom. The van der Waals surface area contributed by atoms with Crippen LogP contribution in [0.5, 0.6) is 0 Å². The van der Waals surface area contributed by atoms with Gasteiger partial charge in [-0.1, -0.05) is 37.3 Å². The number of anilines is 1. The Labute approximate surface area is 170 Å². The van der Waals surface area contributed by atoms with Gasteiger partial charge in [0.05, 0.1) is 18.7 Å². The number of thiophene rings is 1. The predicted octanol–water partition coefficient (Wildman–Crippen LogP) is 3.11. The average Bonchev–Trinajstić information content (AvgIpc) is 3.07. The van der Waals surface area contributed by atoms with Crippen molar-refractivity contribution < 1.29 is 14.5 Å². The van der Waals surface area contributed by atoms with Gasteiger partial charge in [0, 0.05) is 10.4 Å². The minimum Gasteiger partial charge on any atom is -0.327 e. The highest BCUT2D eigenvalue weighted by Crippen LogP contribution is 2.39. The molecule has 2 heterocycles. The number of carbonyl (C=O) groups excluding carboxylic acids is 2. The third-order valence-electron chi connectivity index (χ3n) is 6.08. The third kappa shape index (κ3) is 4.20. The molecule has 2 aliphatic rings. The van der Waals surface area contributed by atoms with E-state index in [0.717, 1.165) is 55.3 Å². The molecular weight excluding hydrogens is 368 g/mol. The van der Waals surface area contributed by atoms with Crippen molar-refractivity contribution in [2.24, 2.45) is 5.92 Å². The van der Waals surface area contributed by atoms with E-state index in [0.29, 0.717) is 12.1 Å². The fraction of sp³-hybridized carbons (Fsp3) is 0.478. The molecule has 1 saturated heterocycles. The normalized spacial score (nSPS) is 21.8. The summed E-state index contributed by atoms with van der Waals surface area (Å²) in [6.45, 7) is 4.90. The molecule has 1 aliphatic carbocycles. The highest BCUT2D eigenvalue weighted by atomic mass is 32.1. The number of quaternary nitrogens is 1. The fourth-order valence-electron chi connectivity index (χ4n) is 4.37. The van der Waals surface area contributed by atoms with E-state index in [2.05, 4.69) is 12.2 Å². The predicted molar refractivity (Wildman–Crippen MR) is 113 cm³/mol. The van der Waals surface area contributed by atoms with Crippen LogP contribution in [-0.2, 0) is 17.6 Å². The van der Waals surface area contributed by atoms with Crippen molar-refractivity contribution in [1.29, 1.82) is 0 Å². The van der Waals surface area contributed by atoms with Crippen molar-refractivity contribution in [2.75, 3.05) is 25.0 Å². The van der Waals surface area contributed by atoms with E-state index in [1.807, 2.05) is 30.3 Å². The molecule has 5 heteroatoms. The van der Waals surface area contributed by atoms with Crippen LogP contribution in [0.1, 0.15) is 59.0 Å². The van der Waals surface area contributed by atoms with Gasteiger partial charge in [0.15, 0.2) is 12.3 Å². The van der Waals surface area contributed by atoms with Gasteiger partial charge in [-0.05, 0) is 50.0 Å². The SMILES string of the molecule is CC1CC[NH+](CC(=O)Nc2sc3c(c2C(=O)c2ccccc2)CCCC3)CC1. The number of benzene rings is 1. The molecule has 0 spiro atoms. The van der Waals surface area contributed by atoms with Gasteiger partial charge in [-0.15, -0.1) is 11.3 Å². The number of hydrogen-bond acceptors (Lipinski definition) is 3. The first-order chi connectivity index (χ1) is 13.6. The van der Waals surface area contributed by atoms with Gasteiger partial charge < -0.3 is 10.2 Å². The maximum absolute atomic E-state index is 13.3. The number of carbonyl (C=O) groups is 2. The number of nitrogens with one attached hydrogen (secondary N) is 2. The molecule has 1 aromatic heterocycles. The monoisotopic (exact) mass is 397 g/mol. The fourth-order valence-corrected chi connectivity index (χ4v) is 5.68. The Balaban J connectivity index is 1.55. The molecule has 1 aliphatic heterocycles. The van der Waals surface area contributed by atoms with Crippen LogP contribution < -0.4 is 10.2 Å². The van der Waals surface area contributed by atoms with Gasteiger partial charge in [0.25, 0.3) is 5.91 Å². The van der Waals surface area contributed by atoms with Crippen LogP contribution in [-0.4, -0.2) is 31.3 Å². The molecular formula is C23H29N2O2S+. The molecule has 0 bridgehead atoms. The quantitative estimate of drug-likeness (QED) is 0.762. The maximum Gasteiger partial charge on any atom is 0.280 e. The molecule has 1 amide bonds. The summed E-state index contributed by atoms with van der Waals surface area (Å²) in [4.78, 5) is 28.6. The first kappa shape index (κ1) is 19.3. The summed E-state index contributed by atoms with van der Waals surface area (Å²) in [6, 6.07) is 9.43. The van der Waals surface area contributed by atoms with Crippen molar-refractivity contribution in [3.63, 3.8) is 0 Å². The van der Waals surface area contributed by atoms with Gasteiger partial charge >= 0.3 is 0 Å². The van der Waals surface area contributed by atoms with E-state index in [4.69, 9.17) is 0 Å². The van der Waals surface area contributed by atoms with Crippen LogP contribution in [0, 0.1) is 5.92 Å². The number of ketones is 1. The molecule has 148 valence electrons. The van der Waals surface area contributed by atoms with E-state index in [1.54, 1.807) is 11.3 Å². The lowest BCUT2D eigenvalue weighted by Gasteiger charge is -2.26. The van der Waals surface area contributed by atoms with E-state index >= 15 is 0 Å². The number of piperidine rings is 1. The van der Waals surface area contributed by atoms with Crippen LogP contribution in [0.4, 0.5) is 5.00 Å². The lowest BCUT2D eigenvalue weighted by molar-refractivity contribution is -0.897. The number of likely N-dealkylation sites (tertiary alicyclic amines) is 1. The van der Waals surface area contributed by atoms with Crippen molar-refractivity contribution in [3.05, 3.63) is 51.9 Å². The third-order valence-corrected chi connectivity index (χ3v) is 7.29. The Hall–Kier alpha value is -1.98. The van der Waals surface area contributed by atoms with Crippen LogP contribution in [0.3, 0.4) is 0 Å². The molecule has 28 heavy (non-hydrogen) atoms. The molecule has 1 fully saturated rings. The molecule has 0 saturated carbocycles. The maximum atomic E-state index is 13.3. The zero-order valence-corrected chi connectivity index (χ0v) is 17.4. The first-order valence-electron chi connectivity index (χ1n) is 10.5. The lowest BCUT2D eigenvalue weighted by atomic mass is 9.92. The van der Waals surface area contributed by atoms with Crippen molar-refractivity contribution in [1.82, 2.24) is 0 Å². The molecule has 4 nitrogen and oxygen atoms in total. The van der Waals surface area contributed by atoms with E-state index in [1.165, 1.54) is 28.2 Å². The molecule has 4 rings (SSSR count). The van der Waals surface area contributed by atoms with E-state index in [-0.39, 0.29) is 11.7 Å². The molecule has 1 aromatic carbocycles. The summed E-state index contributed by atoms with van der Waals surface area (Å²) in [7, 11) is 0. The van der Waals surface area contributed by atoms with Gasteiger partial charge in [-0.3, -0.25) is 9.59 Å². The van der Waals surface area contributed by atoms with Crippen molar-refractivity contribution in [3.8, 4) is 0 Å². The summed E-state index contributed by atoms with van der Waals surface area (Å²) in [5.74, 6) is 0.839. The first-order valence-corrected chi connectivity index (χ1v) is 11.3. The van der Waals surface area contributed by atoms with Crippen molar-refractivity contribution >= 4 is 28.0 Å². The van der Waals surface area contributed by atoms with E-state index in [9.17, 15) is 9.59 Å². The topological polar surface area (TPSA) is 50.6 Å². The zero-order chi connectivity index (χ0) is 19.5. The van der Waals surface area contributed by atoms with Gasteiger partial charge in [-0.2, -0.15) is 0 Å². The number of rotatable bonds is 5. The highest BCUT2D eigenvalue weighted by Gasteiger charge is 2.28.